The number of carbonyl (C=O) groups excluding carboxylic acids is 1. The van der Waals surface area contributed by atoms with Gasteiger partial charge in [0.1, 0.15) is 0 Å². The summed E-state index contributed by atoms with van der Waals surface area (Å²) in [6.45, 7) is 4.41. The largest absolute Gasteiger partial charge is 0.371 e. The molecule has 1 aliphatic heterocycles. The van der Waals surface area contributed by atoms with Crippen LogP contribution in [0.25, 0.3) is 0 Å². The van der Waals surface area contributed by atoms with E-state index < -0.39 is 0 Å². The van der Waals surface area contributed by atoms with Crippen LogP contribution in [0.2, 0.25) is 0 Å². The molecule has 0 unspecified atom stereocenters. The lowest BCUT2D eigenvalue weighted by molar-refractivity contribution is -0.129. The number of hydrogen-bond acceptors (Lipinski definition) is 3. The zero-order valence-electron chi connectivity index (χ0n) is 12.9. The van der Waals surface area contributed by atoms with E-state index in [1.54, 1.807) is 11.9 Å². The van der Waals surface area contributed by atoms with Crippen molar-refractivity contribution in [3.63, 3.8) is 0 Å². The summed E-state index contributed by atoms with van der Waals surface area (Å²) in [5.74, 6) is 0.115. The molecule has 1 heterocycles. The van der Waals surface area contributed by atoms with Gasteiger partial charge >= 0.3 is 0 Å². The lowest BCUT2D eigenvalue weighted by Crippen LogP contribution is -2.35. The highest BCUT2D eigenvalue weighted by molar-refractivity contribution is 5.76. The average molecular weight is 285 g/mol. The molecular formula is C17H23N3O. The normalized spacial score (nSPS) is 13.5. The van der Waals surface area contributed by atoms with Gasteiger partial charge in [0, 0.05) is 38.8 Å². The van der Waals surface area contributed by atoms with Crippen molar-refractivity contribution in [3.05, 3.63) is 29.3 Å². The molecular weight excluding hydrogens is 262 g/mol. The van der Waals surface area contributed by atoms with Crippen LogP contribution in [-0.4, -0.2) is 37.5 Å². The maximum absolute atomic E-state index is 12.0. The van der Waals surface area contributed by atoms with E-state index in [4.69, 9.17) is 5.26 Å². The zero-order chi connectivity index (χ0) is 15.2. The predicted molar refractivity (Wildman–Crippen MR) is 84.2 cm³/mol. The maximum Gasteiger partial charge on any atom is 0.224 e. The van der Waals surface area contributed by atoms with Gasteiger partial charge in [0.25, 0.3) is 0 Å². The molecule has 2 rings (SSSR count). The van der Waals surface area contributed by atoms with Crippen LogP contribution >= 0.6 is 0 Å². The summed E-state index contributed by atoms with van der Waals surface area (Å²) in [7, 11) is 1.77. The summed E-state index contributed by atoms with van der Waals surface area (Å²) in [5.41, 5.74) is 3.97. The second kappa shape index (κ2) is 7.12. The molecule has 1 amide bonds. The number of hydrogen-bond donors (Lipinski definition) is 0. The van der Waals surface area contributed by atoms with Gasteiger partial charge in [-0.05, 0) is 31.4 Å². The van der Waals surface area contributed by atoms with Gasteiger partial charge in [0.05, 0.1) is 12.5 Å². The molecule has 1 aromatic rings. The van der Waals surface area contributed by atoms with Gasteiger partial charge in [0.2, 0.25) is 5.91 Å². The molecule has 0 atom stereocenters. The lowest BCUT2D eigenvalue weighted by Gasteiger charge is -2.32. The zero-order valence-corrected chi connectivity index (χ0v) is 12.9. The van der Waals surface area contributed by atoms with Crippen molar-refractivity contribution >= 4 is 11.6 Å². The van der Waals surface area contributed by atoms with Crippen LogP contribution in [0.15, 0.2) is 18.2 Å². The van der Waals surface area contributed by atoms with Crippen molar-refractivity contribution in [1.82, 2.24) is 4.90 Å². The minimum atomic E-state index is 0.115. The van der Waals surface area contributed by atoms with Crippen LogP contribution in [0.4, 0.5) is 5.69 Å². The summed E-state index contributed by atoms with van der Waals surface area (Å²) in [4.78, 5) is 16.0. The number of rotatable bonds is 5. The quantitative estimate of drug-likeness (QED) is 0.835. The first kappa shape index (κ1) is 15.4. The van der Waals surface area contributed by atoms with E-state index >= 15 is 0 Å². The smallest absolute Gasteiger partial charge is 0.224 e. The SMILES string of the molecule is Cc1ccc2c(c1)CCCN2CCC(=O)N(C)CCC#N. The molecule has 0 saturated heterocycles. The number of fused-ring (bicyclic) bond motifs is 1. The van der Waals surface area contributed by atoms with Gasteiger partial charge < -0.3 is 9.80 Å². The van der Waals surface area contributed by atoms with Crippen molar-refractivity contribution < 1.29 is 4.79 Å². The van der Waals surface area contributed by atoms with Crippen LogP contribution in [0.1, 0.15) is 30.4 Å². The molecule has 0 saturated carbocycles. The summed E-state index contributed by atoms with van der Waals surface area (Å²) in [5, 5.41) is 8.57. The number of anilines is 1. The van der Waals surface area contributed by atoms with E-state index in [0.29, 0.717) is 19.4 Å². The van der Waals surface area contributed by atoms with E-state index in [-0.39, 0.29) is 5.91 Å². The number of amides is 1. The van der Waals surface area contributed by atoms with Crippen LogP contribution in [-0.2, 0) is 11.2 Å². The molecule has 0 fully saturated rings. The Bertz CT molecular complexity index is 547. The minimum Gasteiger partial charge on any atom is -0.371 e. The molecule has 1 aromatic carbocycles. The molecule has 0 aromatic heterocycles. The van der Waals surface area contributed by atoms with E-state index in [2.05, 4.69) is 36.1 Å². The fourth-order valence-corrected chi connectivity index (χ4v) is 2.80. The molecule has 4 nitrogen and oxygen atoms in total. The maximum atomic E-state index is 12.0. The number of aryl methyl sites for hydroxylation is 2. The second-order valence-corrected chi connectivity index (χ2v) is 5.70. The third-order valence-corrected chi connectivity index (χ3v) is 4.03. The Morgan fingerprint density at radius 2 is 2.29 bits per heavy atom. The van der Waals surface area contributed by atoms with Gasteiger partial charge in [-0.25, -0.2) is 0 Å². The fourth-order valence-electron chi connectivity index (χ4n) is 2.80. The number of nitrogens with zero attached hydrogens (tertiary/aromatic N) is 3. The third-order valence-electron chi connectivity index (χ3n) is 4.03. The lowest BCUT2D eigenvalue weighted by atomic mass is 9.99. The van der Waals surface area contributed by atoms with E-state index in [9.17, 15) is 4.79 Å². The standard InChI is InChI=1S/C17H23N3O/c1-14-6-7-16-15(13-14)5-3-11-20(16)12-8-17(21)19(2)10-4-9-18/h6-7,13H,3-5,8,10-12H2,1-2H3. The van der Waals surface area contributed by atoms with Crippen LogP contribution in [0.5, 0.6) is 0 Å². The topological polar surface area (TPSA) is 47.3 Å². The summed E-state index contributed by atoms with van der Waals surface area (Å²) in [6.07, 6.45) is 3.18. The van der Waals surface area contributed by atoms with Gasteiger partial charge in [-0.2, -0.15) is 5.26 Å². The first-order valence-corrected chi connectivity index (χ1v) is 7.57. The second-order valence-electron chi connectivity index (χ2n) is 5.70. The molecule has 0 spiro atoms. The van der Waals surface area contributed by atoms with Crippen molar-refractivity contribution in [1.29, 1.82) is 5.26 Å². The molecule has 21 heavy (non-hydrogen) atoms. The molecule has 0 radical (unpaired) electrons. The Labute approximate surface area is 127 Å². The van der Waals surface area contributed by atoms with E-state index in [1.165, 1.54) is 16.8 Å². The number of carbonyl (C=O) groups is 1. The van der Waals surface area contributed by atoms with Crippen LogP contribution < -0.4 is 4.90 Å². The Balaban J connectivity index is 1.93. The van der Waals surface area contributed by atoms with Gasteiger partial charge in [0.15, 0.2) is 0 Å². The molecule has 0 N–H and O–H groups in total. The summed E-state index contributed by atoms with van der Waals surface area (Å²) >= 11 is 0. The van der Waals surface area contributed by atoms with Gasteiger partial charge in [-0.3, -0.25) is 4.79 Å². The third kappa shape index (κ3) is 3.98. The number of nitriles is 1. The molecule has 0 aliphatic carbocycles. The van der Waals surface area contributed by atoms with Crippen molar-refractivity contribution in [2.24, 2.45) is 0 Å². The van der Waals surface area contributed by atoms with Crippen molar-refractivity contribution in [2.45, 2.75) is 32.6 Å². The highest BCUT2D eigenvalue weighted by Gasteiger charge is 2.18. The Morgan fingerprint density at radius 3 is 3.05 bits per heavy atom. The molecule has 4 heteroatoms. The average Bonchev–Trinajstić information content (AvgIpc) is 2.49. The molecule has 112 valence electrons. The van der Waals surface area contributed by atoms with Crippen LogP contribution in [0.3, 0.4) is 0 Å². The van der Waals surface area contributed by atoms with Crippen molar-refractivity contribution in [2.75, 3.05) is 31.6 Å². The summed E-state index contributed by atoms with van der Waals surface area (Å²) in [6, 6.07) is 8.64. The van der Waals surface area contributed by atoms with Crippen molar-refractivity contribution in [3.8, 4) is 6.07 Å². The molecule has 1 aliphatic rings. The predicted octanol–water partition coefficient (Wildman–Crippen LogP) is 2.51. The highest BCUT2D eigenvalue weighted by Crippen LogP contribution is 2.27. The number of benzene rings is 1. The Morgan fingerprint density at radius 1 is 1.48 bits per heavy atom. The fraction of sp³-hybridized carbons (Fsp3) is 0.529. The molecule has 0 bridgehead atoms. The van der Waals surface area contributed by atoms with E-state index in [0.717, 1.165) is 25.9 Å². The first-order chi connectivity index (χ1) is 10.1. The van der Waals surface area contributed by atoms with Gasteiger partial charge in [-0.15, -0.1) is 0 Å². The first-order valence-electron chi connectivity index (χ1n) is 7.57. The monoisotopic (exact) mass is 285 g/mol. The minimum absolute atomic E-state index is 0.115. The summed E-state index contributed by atoms with van der Waals surface area (Å²) < 4.78 is 0. The van der Waals surface area contributed by atoms with Gasteiger partial charge in [-0.1, -0.05) is 17.7 Å². The van der Waals surface area contributed by atoms with Crippen LogP contribution in [0, 0.1) is 18.3 Å². The Hall–Kier alpha value is -2.02. The Kier molecular flexibility index (Phi) is 5.21. The highest BCUT2D eigenvalue weighted by atomic mass is 16.2. The van der Waals surface area contributed by atoms with E-state index in [1.807, 2.05) is 0 Å².